The fourth-order valence-corrected chi connectivity index (χ4v) is 12.0. The molecule has 1 aromatic heterocycles. The van der Waals surface area contributed by atoms with Gasteiger partial charge in [-0.1, -0.05) is 18.2 Å². The number of aromatic amines is 1. The number of unbranched alkanes of at least 4 members (excludes halogenated alkanes) is 1. The molecule has 1 heterocycles. The van der Waals surface area contributed by atoms with E-state index in [4.69, 9.17) is 4.74 Å². The minimum Gasteiger partial charge on any atom is -0.444 e. The number of aromatic nitrogens is 1. The number of carbonyl (C=O) groups is 2. The number of ether oxygens (including phenoxy) is 1. The van der Waals surface area contributed by atoms with Crippen molar-refractivity contribution in [3.05, 3.63) is 139 Å². The van der Waals surface area contributed by atoms with Gasteiger partial charge in [-0.3, -0.25) is 35.1 Å². The predicted molar refractivity (Wildman–Crippen MR) is 268 cm³/mol. The van der Waals surface area contributed by atoms with Crippen LogP contribution in [0.1, 0.15) is 58.4 Å². The highest BCUT2D eigenvalue weighted by Crippen LogP contribution is 2.25. The van der Waals surface area contributed by atoms with Crippen LogP contribution in [0.4, 0.5) is 21.9 Å². The van der Waals surface area contributed by atoms with Crippen LogP contribution in [0.15, 0.2) is 118 Å². The first-order chi connectivity index (χ1) is 34.4. The molecule has 0 spiro atoms. The Morgan fingerprint density at radius 1 is 0.548 bits per heavy atom. The lowest BCUT2D eigenvalue weighted by Gasteiger charge is -2.27. The van der Waals surface area contributed by atoms with Gasteiger partial charge in [0.05, 0.1) is 35.9 Å². The Morgan fingerprint density at radius 3 is 1.34 bits per heavy atom. The van der Waals surface area contributed by atoms with E-state index in [2.05, 4.69) is 15.6 Å². The first-order valence-electron chi connectivity index (χ1n) is 22.9. The highest BCUT2D eigenvalue weighted by Gasteiger charge is 2.30. The molecule has 0 aliphatic heterocycles. The monoisotopic (exact) mass is 1070 g/mol. The Morgan fingerprint density at radius 2 is 0.932 bits per heavy atom. The van der Waals surface area contributed by atoms with Gasteiger partial charge in [0.2, 0.25) is 36.0 Å². The van der Waals surface area contributed by atoms with Gasteiger partial charge in [-0.2, -0.15) is 12.9 Å². The highest BCUT2D eigenvalue weighted by atomic mass is 32.2. The van der Waals surface area contributed by atoms with E-state index < -0.39 is 56.5 Å². The standard InChI is InChI=1S/C46H57N9O15S3/c1-46(2,3)70-45(57)48-26-8-28-51(72(66,67)40-21-15-37(16-22-40)54(60)61)30-10-32-52(73(68,69)41-23-17-38(18-24-41)55(62)63)31-9-29-50(71(64,65)39-19-13-36(14-20-39)53(58)59)27-7-6-25-47-44(56)33-35-34-49-43-12-5-4-11-42(35)43/h4-5,11-24,34,49H,6-10,25-33H2,1-3H3,(H,47,56)(H,48,57). The first-order valence-corrected chi connectivity index (χ1v) is 27.2. The molecule has 5 rings (SSSR count). The number of H-pyrrole nitrogens is 1. The minimum absolute atomic E-state index is 0.0262. The van der Waals surface area contributed by atoms with Gasteiger partial charge in [-0.25, -0.2) is 30.0 Å². The van der Waals surface area contributed by atoms with Crippen molar-refractivity contribution >= 4 is 70.0 Å². The van der Waals surface area contributed by atoms with Crippen molar-refractivity contribution in [3.63, 3.8) is 0 Å². The fourth-order valence-electron chi connectivity index (χ4n) is 7.48. The van der Waals surface area contributed by atoms with E-state index in [1.807, 2.05) is 24.3 Å². The number of alkyl carbamates (subject to hydrolysis) is 1. The molecule has 0 aliphatic rings. The molecular weight excluding hydrogens is 1010 g/mol. The molecule has 3 N–H and O–H groups in total. The number of fused-ring (bicyclic) bond motifs is 1. The van der Waals surface area contributed by atoms with Gasteiger partial charge in [0.25, 0.3) is 17.1 Å². The second-order valence-electron chi connectivity index (χ2n) is 17.5. The van der Waals surface area contributed by atoms with Gasteiger partial charge in [0.1, 0.15) is 5.60 Å². The molecule has 0 aliphatic carbocycles. The number of nitrogens with zero attached hydrogens (tertiary/aromatic N) is 6. The number of hydrogen-bond acceptors (Lipinski definition) is 15. The number of sulfonamides is 3. The number of para-hydroxylation sites is 1. The van der Waals surface area contributed by atoms with Crippen LogP contribution < -0.4 is 10.6 Å². The van der Waals surface area contributed by atoms with Crippen LogP contribution in [0.2, 0.25) is 0 Å². The van der Waals surface area contributed by atoms with Crippen LogP contribution in [0.3, 0.4) is 0 Å². The molecule has 0 atom stereocenters. The number of nitrogens with one attached hydrogen (secondary N) is 3. The van der Waals surface area contributed by atoms with Gasteiger partial charge in [0.15, 0.2) is 0 Å². The summed E-state index contributed by atoms with van der Waals surface area (Å²) in [7, 11) is -13.3. The Kier molecular flexibility index (Phi) is 19.6. The van der Waals surface area contributed by atoms with Crippen molar-refractivity contribution in [1.29, 1.82) is 0 Å². The van der Waals surface area contributed by atoms with Crippen molar-refractivity contribution in [2.75, 3.05) is 52.4 Å². The van der Waals surface area contributed by atoms with E-state index in [1.165, 1.54) is 0 Å². The Bertz CT molecular complexity index is 3080. The number of rotatable bonds is 28. The average molecular weight is 1070 g/mol. The Balaban J connectivity index is 1.34. The summed E-state index contributed by atoms with van der Waals surface area (Å²) >= 11 is 0. The van der Waals surface area contributed by atoms with Gasteiger partial charge in [0, 0.05) is 106 Å². The van der Waals surface area contributed by atoms with Gasteiger partial charge in [-0.15, -0.1) is 0 Å². The number of carbonyl (C=O) groups excluding carboxylic acids is 2. The Labute approximate surface area is 422 Å². The third-order valence-electron chi connectivity index (χ3n) is 11.1. The maximum absolute atomic E-state index is 14.3. The molecule has 73 heavy (non-hydrogen) atoms. The minimum atomic E-state index is -4.51. The molecule has 0 fully saturated rings. The summed E-state index contributed by atoms with van der Waals surface area (Å²) < 4.78 is 93.3. The number of nitro groups is 3. The number of benzene rings is 4. The van der Waals surface area contributed by atoms with E-state index in [9.17, 15) is 65.2 Å². The third-order valence-corrected chi connectivity index (χ3v) is 16.9. The summed E-state index contributed by atoms with van der Waals surface area (Å²) in [4.78, 5) is 59.4. The van der Waals surface area contributed by atoms with Crippen molar-refractivity contribution in [3.8, 4) is 0 Å². The molecule has 5 aromatic rings. The molecule has 0 saturated carbocycles. The summed E-state index contributed by atoms with van der Waals surface area (Å²) in [6.45, 7) is 3.58. The smallest absolute Gasteiger partial charge is 0.407 e. The van der Waals surface area contributed by atoms with Gasteiger partial charge in [-0.05, 0) is 101 Å². The van der Waals surface area contributed by atoms with Crippen LogP contribution in [0.5, 0.6) is 0 Å². The second kappa shape index (κ2) is 25.2. The van der Waals surface area contributed by atoms with Crippen LogP contribution in [-0.4, -0.2) is 128 Å². The SMILES string of the molecule is CC(C)(C)OC(=O)NCCCN(CCCN(CCCN(CCCCNC(=O)Cc1c[nH]c2ccccc12)S(=O)(=O)c1ccc([N+](=O)[O-])cc1)S(=O)(=O)c1ccc([N+](=O)[O-])cc1)S(=O)(=O)c1ccc([N+](=O)[O-])cc1. The van der Waals surface area contributed by atoms with E-state index in [0.29, 0.717) is 6.42 Å². The number of amides is 2. The molecule has 4 aromatic carbocycles. The highest BCUT2D eigenvalue weighted by molar-refractivity contribution is 7.89. The Hall–Kier alpha value is -6.91. The van der Waals surface area contributed by atoms with E-state index >= 15 is 0 Å². The van der Waals surface area contributed by atoms with Crippen molar-refractivity contribution in [2.24, 2.45) is 0 Å². The summed E-state index contributed by atoms with van der Waals surface area (Å²) in [5, 5.41) is 40.4. The predicted octanol–water partition coefficient (Wildman–Crippen LogP) is 6.10. The first kappa shape index (κ1) is 57.0. The molecule has 24 nitrogen and oxygen atoms in total. The maximum atomic E-state index is 14.3. The van der Waals surface area contributed by atoms with Crippen LogP contribution in [0.25, 0.3) is 10.9 Å². The summed E-state index contributed by atoms with van der Waals surface area (Å²) in [5.41, 5.74) is -0.232. The summed E-state index contributed by atoms with van der Waals surface area (Å²) in [6, 6.07) is 20.0. The quantitative estimate of drug-likeness (QED) is 0.0289. The van der Waals surface area contributed by atoms with E-state index in [-0.39, 0.29) is 122 Å². The zero-order valence-corrected chi connectivity index (χ0v) is 42.7. The average Bonchev–Trinajstić information content (AvgIpc) is 3.74. The molecule has 394 valence electrons. The second-order valence-corrected chi connectivity index (χ2v) is 23.4. The molecule has 0 bridgehead atoms. The fraction of sp³-hybridized carbons (Fsp3) is 0.391. The lowest BCUT2D eigenvalue weighted by Crippen LogP contribution is -2.40. The number of hydrogen-bond donors (Lipinski definition) is 3. The van der Waals surface area contributed by atoms with Crippen LogP contribution in [0, 0.1) is 30.3 Å². The van der Waals surface area contributed by atoms with Crippen molar-refractivity contribution in [1.82, 2.24) is 28.5 Å². The zero-order valence-electron chi connectivity index (χ0n) is 40.2. The molecule has 0 saturated heterocycles. The third kappa shape index (κ3) is 16.0. The van der Waals surface area contributed by atoms with Gasteiger partial charge >= 0.3 is 6.09 Å². The number of nitro benzene ring substituents is 3. The van der Waals surface area contributed by atoms with Crippen LogP contribution in [-0.2, 0) is 46.0 Å². The molecule has 2 amide bonds. The molecule has 0 radical (unpaired) electrons. The number of non-ortho nitro benzene ring substituents is 3. The topological polar surface area (TPSA) is 325 Å². The van der Waals surface area contributed by atoms with E-state index in [1.54, 1.807) is 27.0 Å². The lowest BCUT2D eigenvalue weighted by atomic mass is 10.1. The summed E-state index contributed by atoms with van der Waals surface area (Å²) in [5.74, 6) is -0.253. The molecule has 27 heteroatoms. The normalized spacial score (nSPS) is 12.3. The van der Waals surface area contributed by atoms with Crippen LogP contribution >= 0.6 is 0 Å². The lowest BCUT2D eigenvalue weighted by molar-refractivity contribution is -0.385. The van der Waals surface area contributed by atoms with Crippen molar-refractivity contribution < 1.29 is 54.3 Å². The molecular formula is C46H57N9O15S3. The van der Waals surface area contributed by atoms with Crippen molar-refractivity contribution in [2.45, 2.75) is 79.6 Å². The van der Waals surface area contributed by atoms with E-state index in [0.717, 1.165) is 102 Å². The maximum Gasteiger partial charge on any atom is 0.407 e. The molecule has 0 unspecified atom stereocenters. The zero-order chi connectivity index (χ0) is 53.6. The van der Waals surface area contributed by atoms with Gasteiger partial charge < -0.3 is 20.4 Å². The largest absolute Gasteiger partial charge is 0.444 e. The summed E-state index contributed by atoms with van der Waals surface area (Å²) in [6.07, 6.45) is 1.45.